The first kappa shape index (κ1) is 15.9. The van der Waals surface area contributed by atoms with Crippen molar-refractivity contribution in [3.8, 4) is 5.75 Å². The van der Waals surface area contributed by atoms with Crippen LogP contribution >= 0.6 is 50.7 Å². The van der Waals surface area contributed by atoms with E-state index in [9.17, 15) is 0 Å². The van der Waals surface area contributed by atoms with E-state index >= 15 is 0 Å². The summed E-state index contributed by atoms with van der Waals surface area (Å²) in [7, 11) is 0. The second-order valence-electron chi connectivity index (χ2n) is 4.09. The van der Waals surface area contributed by atoms with Gasteiger partial charge in [-0.25, -0.2) is 0 Å². The van der Waals surface area contributed by atoms with E-state index in [0.29, 0.717) is 27.4 Å². The Balaban J connectivity index is 2.26. The fourth-order valence-electron chi connectivity index (χ4n) is 1.68. The molecule has 0 saturated heterocycles. The van der Waals surface area contributed by atoms with Gasteiger partial charge in [0.25, 0.3) is 0 Å². The molecule has 0 radical (unpaired) electrons. The predicted molar refractivity (Wildman–Crippen MR) is 88.0 cm³/mol. The van der Waals surface area contributed by atoms with Crippen LogP contribution in [0.3, 0.4) is 0 Å². The van der Waals surface area contributed by atoms with Gasteiger partial charge in [-0.1, -0.05) is 62.9 Å². The van der Waals surface area contributed by atoms with Crippen LogP contribution in [0.15, 0.2) is 40.9 Å². The first-order valence-corrected chi connectivity index (χ1v) is 7.70. The summed E-state index contributed by atoms with van der Waals surface area (Å²) in [4.78, 5) is 0. The van der Waals surface area contributed by atoms with E-state index in [1.165, 1.54) is 0 Å². The number of hydrogen-bond donors (Lipinski definition) is 1. The molecule has 1 atom stereocenters. The first-order chi connectivity index (χ1) is 9.51. The summed E-state index contributed by atoms with van der Waals surface area (Å²) in [5, 5.41) is 1.17. The minimum Gasteiger partial charge on any atom is -0.483 e. The minimum absolute atomic E-state index is 0.308. The van der Waals surface area contributed by atoms with E-state index in [1.807, 2.05) is 24.3 Å². The molecule has 0 aliphatic rings. The summed E-state index contributed by atoms with van der Waals surface area (Å²) >= 11 is 21.3. The van der Waals surface area contributed by atoms with Crippen molar-refractivity contribution in [2.45, 2.75) is 6.10 Å². The molecule has 0 amide bonds. The zero-order valence-electron chi connectivity index (χ0n) is 10.2. The van der Waals surface area contributed by atoms with Gasteiger partial charge >= 0.3 is 0 Å². The third-order valence-corrected chi connectivity index (χ3v) is 4.25. The van der Waals surface area contributed by atoms with Crippen LogP contribution in [0.25, 0.3) is 0 Å². The SMILES string of the molecule is NCC(Oc1cc(Cl)c(Cl)cc1Cl)c1ccc(Br)cc1. The Morgan fingerprint density at radius 3 is 2.20 bits per heavy atom. The maximum atomic E-state index is 6.10. The highest BCUT2D eigenvalue weighted by molar-refractivity contribution is 9.10. The van der Waals surface area contributed by atoms with Gasteiger partial charge in [0.05, 0.1) is 15.1 Å². The van der Waals surface area contributed by atoms with Gasteiger partial charge in [0, 0.05) is 17.1 Å². The average Bonchev–Trinajstić information content (AvgIpc) is 2.42. The fourth-order valence-corrected chi connectivity index (χ4v) is 2.52. The van der Waals surface area contributed by atoms with Crippen LogP contribution < -0.4 is 10.5 Å². The van der Waals surface area contributed by atoms with Crippen LogP contribution in [-0.4, -0.2) is 6.54 Å². The lowest BCUT2D eigenvalue weighted by Crippen LogP contribution is -2.18. The zero-order chi connectivity index (χ0) is 14.7. The summed E-state index contributed by atoms with van der Waals surface area (Å²) in [6, 6.07) is 10.9. The molecule has 0 aliphatic carbocycles. The number of nitrogens with two attached hydrogens (primary N) is 1. The van der Waals surface area contributed by atoms with Gasteiger partial charge in [-0.2, -0.15) is 0 Å². The van der Waals surface area contributed by atoms with Gasteiger partial charge < -0.3 is 10.5 Å². The molecule has 20 heavy (non-hydrogen) atoms. The Morgan fingerprint density at radius 1 is 1.00 bits per heavy atom. The molecule has 2 nitrogen and oxygen atoms in total. The number of ether oxygens (including phenoxy) is 1. The van der Waals surface area contributed by atoms with Gasteiger partial charge in [-0.05, 0) is 23.8 Å². The van der Waals surface area contributed by atoms with E-state index in [4.69, 9.17) is 45.3 Å². The number of rotatable bonds is 4. The minimum atomic E-state index is -0.308. The van der Waals surface area contributed by atoms with E-state index in [1.54, 1.807) is 12.1 Å². The molecule has 0 bridgehead atoms. The lowest BCUT2D eigenvalue weighted by molar-refractivity contribution is 0.214. The van der Waals surface area contributed by atoms with Crippen LogP contribution in [0.5, 0.6) is 5.75 Å². The highest BCUT2D eigenvalue weighted by Crippen LogP contribution is 2.36. The normalized spacial score (nSPS) is 12.2. The van der Waals surface area contributed by atoms with Crippen molar-refractivity contribution in [1.29, 1.82) is 0 Å². The molecule has 106 valence electrons. The summed E-state index contributed by atoms with van der Waals surface area (Å²) < 4.78 is 6.83. The van der Waals surface area contributed by atoms with Gasteiger partial charge in [0.15, 0.2) is 0 Å². The Kier molecular flexibility index (Phi) is 5.58. The molecular formula is C14H11BrCl3NO. The topological polar surface area (TPSA) is 35.2 Å². The molecule has 0 spiro atoms. The lowest BCUT2D eigenvalue weighted by Gasteiger charge is -2.19. The van der Waals surface area contributed by atoms with Gasteiger partial charge in [-0.15, -0.1) is 0 Å². The van der Waals surface area contributed by atoms with Crippen molar-refractivity contribution in [3.05, 3.63) is 61.5 Å². The summed E-state index contributed by atoms with van der Waals surface area (Å²) in [6.45, 7) is 0.318. The van der Waals surface area contributed by atoms with E-state index in [-0.39, 0.29) is 6.10 Å². The van der Waals surface area contributed by atoms with Crippen molar-refractivity contribution < 1.29 is 4.74 Å². The lowest BCUT2D eigenvalue weighted by atomic mass is 10.1. The molecule has 0 aliphatic heterocycles. The molecule has 1 unspecified atom stereocenters. The second-order valence-corrected chi connectivity index (χ2v) is 6.23. The van der Waals surface area contributed by atoms with Crippen molar-refractivity contribution in [3.63, 3.8) is 0 Å². The van der Waals surface area contributed by atoms with Crippen LogP contribution in [-0.2, 0) is 0 Å². The highest BCUT2D eigenvalue weighted by atomic mass is 79.9. The molecule has 0 heterocycles. The Labute approximate surface area is 140 Å². The van der Waals surface area contributed by atoms with Crippen LogP contribution in [0, 0.1) is 0 Å². The number of hydrogen-bond acceptors (Lipinski definition) is 2. The molecule has 2 N–H and O–H groups in total. The van der Waals surface area contributed by atoms with Crippen LogP contribution in [0.1, 0.15) is 11.7 Å². The van der Waals surface area contributed by atoms with E-state index in [0.717, 1.165) is 10.0 Å². The molecule has 0 aromatic heterocycles. The average molecular weight is 396 g/mol. The standard InChI is InChI=1S/C14H11BrCl3NO/c15-9-3-1-8(2-4-9)14(7-19)20-13-6-11(17)10(16)5-12(13)18/h1-6,14H,7,19H2. The summed E-state index contributed by atoms with van der Waals surface area (Å²) in [6.07, 6.45) is -0.308. The van der Waals surface area contributed by atoms with Crippen molar-refractivity contribution >= 4 is 50.7 Å². The maximum Gasteiger partial charge on any atom is 0.140 e. The molecule has 0 saturated carbocycles. The van der Waals surface area contributed by atoms with Crippen molar-refractivity contribution in [2.75, 3.05) is 6.54 Å². The highest BCUT2D eigenvalue weighted by Gasteiger charge is 2.15. The maximum absolute atomic E-state index is 6.10. The smallest absolute Gasteiger partial charge is 0.140 e. The van der Waals surface area contributed by atoms with Crippen LogP contribution in [0.4, 0.5) is 0 Å². The molecule has 2 aromatic carbocycles. The van der Waals surface area contributed by atoms with E-state index in [2.05, 4.69) is 15.9 Å². The van der Waals surface area contributed by atoms with Crippen molar-refractivity contribution in [1.82, 2.24) is 0 Å². The zero-order valence-corrected chi connectivity index (χ0v) is 14.1. The van der Waals surface area contributed by atoms with E-state index < -0.39 is 0 Å². The fraction of sp³-hybridized carbons (Fsp3) is 0.143. The third kappa shape index (κ3) is 3.80. The third-order valence-electron chi connectivity index (χ3n) is 2.70. The molecule has 0 fully saturated rings. The summed E-state index contributed by atoms with van der Waals surface area (Å²) in [5.41, 5.74) is 6.73. The van der Waals surface area contributed by atoms with Crippen LogP contribution in [0.2, 0.25) is 15.1 Å². The largest absolute Gasteiger partial charge is 0.483 e. The van der Waals surface area contributed by atoms with Gasteiger partial charge in [0.1, 0.15) is 11.9 Å². The number of halogens is 4. The monoisotopic (exact) mass is 393 g/mol. The van der Waals surface area contributed by atoms with Gasteiger partial charge in [-0.3, -0.25) is 0 Å². The summed E-state index contributed by atoms with van der Waals surface area (Å²) in [5.74, 6) is 0.458. The quantitative estimate of drug-likeness (QED) is 0.695. The van der Waals surface area contributed by atoms with Gasteiger partial charge in [0.2, 0.25) is 0 Å². The predicted octanol–water partition coefficient (Wildman–Crippen LogP) is 5.49. The Hall–Kier alpha value is -0.450. The first-order valence-electron chi connectivity index (χ1n) is 5.78. The molecular weight excluding hydrogens is 384 g/mol. The molecule has 2 aromatic rings. The Morgan fingerprint density at radius 2 is 1.60 bits per heavy atom. The molecule has 6 heteroatoms. The Bertz CT molecular complexity index is 604. The van der Waals surface area contributed by atoms with Crippen molar-refractivity contribution in [2.24, 2.45) is 5.73 Å². The number of benzene rings is 2. The second kappa shape index (κ2) is 7.01. The molecule has 2 rings (SSSR count).